The minimum Gasteiger partial charge on any atom is -0.493 e. The van der Waals surface area contributed by atoms with Crippen LogP contribution in [0.1, 0.15) is 17.9 Å². The van der Waals surface area contributed by atoms with Crippen LogP contribution in [-0.2, 0) is 0 Å². The summed E-state index contributed by atoms with van der Waals surface area (Å²) in [5.41, 5.74) is 3.48. The van der Waals surface area contributed by atoms with Crippen LogP contribution in [0.15, 0.2) is 48.5 Å². The predicted octanol–water partition coefficient (Wildman–Crippen LogP) is 3.83. The van der Waals surface area contributed by atoms with Gasteiger partial charge in [0, 0.05) is 19.0 Å². The second-order valence-electron chi connectivity index (χ2n) is 6.31. The predicted molar refractivity (Wildman–Crippen MR) is 87.8 cm³/mol. The second-order valence-corrected chi connectivity index (χ2v) is 6.31. The number of hydrogen-bond acceptors (Lipinski definition) is 2. The van der Waals surface area contributed by atoms with Crippen molar-refractivity contribution < 1.29 is 14.6 Å². The highest BCUT2D eigenvalue weighted by Crippen LogP contribution is 2.42. The van der Waals surface area contributed by atoms with Gasteiger partial charge in [-0.15, -0.1) is 0 Å². The van der Waals surface area contributed by atoms with Crippen LogP contribution in [0, 0.1) is 5.92 Å². The van der Waals surface area contributed by atoms with Gasteiger partial charge in [0.15, 0.2) is 0 Å². The van der Waals surface area contributed by atoms with Crippen molar-refractivity contribution in [2.75, 3.05) is 19.7 Å². The molecule has 1 amide bonds. The highest BCUT2D eigenvalue weighted by molar-refractivity contribution is 5.68. The second kappa shape index (κ2) is 5.61. The van der Waals surface area contributed by atoms with E-state index in [9.17, 15) is 9.90 Å². The molecule has 2 aromatic rings. The molecule has 1 saturated heterocycles. The number of nitrogens with zero attached hydrogens (tertiary/aromatic N) is 1. The molecule has 0 unspecified atom stereocenters. The SMILES string of the molecule is O=C(O)N1C[C@H]2CCOc3ccc(-c4ccccc4)cc3[C@@H]2C1. The van der Waals surface area contributed by atoms with E-state index in [-0.39, 0.29) is 5.92 Å². The fourth-order valence-corrected chi connectivity index (χ4v) is 3.77. The zero-order valence-electron chi connectivity index (χ0n) is 12.8. The summed E-state index contributed by atoms with van der Waals surface area (Å²) >= 11 is 0. The first-order valence-electron chi connectivity index (χ1n) is 8.02. The van der Waals surface area contributed by atoms with Crippen LogP contribution in [0.25, 0.3) is 11.1 Å². The van der Waals surface area contributed by atoms with E-state index in [4.69, 9.17) is 4.74 Å². The van der Waals surface area contributed by atoms with E-state index in [1.807, 2.05) is 24.3 Å². The van der Waals surface area contributed by atoms with Crippen LogP contribution in [-0.4, -0.2) is 35.8 Å². The maximum absolute atomic E-state index is 11.3. The van der Waals surface area contributed by atoms with Crippen molar-refractivity contribution >= 4 is 6.09 Å². The van der Waals surface area contributed by atoms with Crippen LogP contribution in [0.4, 0.5) is 4.79 Å². The number of fused-ring (bicyclic) bond motifs is 3. The Kier molecular flexibility index (Phi) is 3.45. The molecule has 0 radical (unpaired) electrons. The first-order valence-corrected chi connectivity index (χ1v) is 8.02. The molecule has 2 heterocycles. The Morgan fingerprint density at radius 3 is 2.70 bits per heavy atom. The molecule has 1 fully saturated rings. The molecular weight excluding hydrogens is 290 g/mol. The lowest BCUT2D eigenvalue weighted by Crippen LogP contribution is -2.27. The summed E-state index contributed by atoms with van der Waals surface area (Å²) in [4.78, 5) is 12.9. The lowest BCUT2D eigenvalue weighted by Gasteiger charge is -2.17. The van der Waals surface area contributed by atoms with E-state index in [2.05, 4.69) is 24.3 Å². The van der Waals surface area contributed by atoms with Crippen molar-refractivity contribution in [2.45, 2.75) is 12.3 Å². The topological polar surface area (TPSA) is 49.8 Å². The maximum atomic E-state index is 11.3. The van der Waals surface area contributed by atoms with Crippen LogP contribution >= 0.6 is 0 Å². The zero-order valence-corrected chi connectivity index (χ0v) is 12.8. The number of carbonyl (C=O) groups is 1. The van der Waals surface area contributed by atoms with Gasteiger partial charge in [-0.2, -0.15) is 0 Å². The molecule has 4 rings (SSSR count). The van der Waals surface area contributed by atoms with Crippen molar-refractivity contribution in [1.29, 1.82) is 0 Å². The summed E-state index contributed by atoms with van der Waals surface area (Å²) in [7, 11) is 0. The molecule has 2 aromatic carbocycles. The summed E-state index contributed by atoms with van der Waals surface area (Å²) in [5, 5.41) is 9.31. The van der Waals surface area contributed by atoms with Crippen molar-refractivity contribution in [3.05, 3.63) is 54.1 Å². The van der Waals surface area contributed by atoms with Gasteiger partial charge in [0.1, 0.15) is 5.75 Å². The Bertz CT molecular complexity index is 729. The van der Waals surface area contributed by atoms with E-state index < -0.39 is 6.09 Å². The molecule has 0 saturated carbocycles. The Morgan fingerprint density at radius 1 is 1.09 bits per heavy atom. The molecule has 2 aliphatic rings. The average molecular weight is 309 g/mol. The highest BCUT2D eigenvalue weighted by atomic mass is 16.5. The fourth-order valence-electron chi connectivity index (χ4n) is 3.77. The van der Waals surface area contributed by atoms with E-state index in [1.165, 1.54) is 5.56 Å². The molecule has 118 valence electrons. The third-order valence-corrected chi connectivity index (χ3v) is 4.97. The van der Waals surface area contributed by atoms with E-state index >= 15 is 0 Å². The largest absolute Gasteiger partial charge is 0.493 e. The highest BCUT2D eigenvalue weighted by Gasteiger charge is 2.38. The van der Waals surface area contributed by atoms with Gasteiger partial charge in [0.05, 0.1) is 6.61 Å². The summed E-state index contributed by atoms with van der Waals surface area (Å²) in [6.07, 6.45) is 0.0869. The van der Waals surface area contributed by atoms with E-state index in [0.29, 0.717) is 25.6 Å². The van der Waals surface area contributed by atoms with Crippen molar-refractivity contribution in [3.8, 4) is 16.9 Å². The van der Waals surface area contributed by atoms with Crippen LogP contribution < -0.4 is 4.74 Å². The number of carboxylic acid groups (broad SMARTS) is 1. The van der Waals surface area contributed by atoms with Gasteiger partial charge in [-0.1, -0.05) is 36.4 Å². The number of likely N-dealkylation sites (tertiary alicyclic amines) is 1. The molecule has 4 heteroatoms. The molecule has 0 aliphatic carbocycles. The van der Waals surface area contributed by atoms with Gasteiger partial charge in [-0.25, -0.2) is 4.79 Å². The standard InChI is InChI=1S/C19H19NO3/c21-19(22)20-11-15-8-9-23-18-7-6-14(10-16(18)17(15)12-20)13-4-2-1-3-5-13/h1-7,10,15,17H,8-9,11-12H2,(H,21,22)/t15-,17-/m1/s1. The molecule has 0 aromatic heterocycles. The fraction of sp³-hybridized carbons (Fsp3) is 0.316. The van der Waals surface area contributed by atoms with Crippen molar-refractivity contribution in [2.24, 2.45) is 5.92 Å². The number of rotatable bonds is 1. The van der Waals surface area contributed by atoms with Crippen LogP contribution in [0.2, 0.25) is 0 Å². The van der Waals surface area contributed by atoms with Gasteiger partial charge in [-0.3, -0.25) is 0 Å². The summed E-state index contributed by atoms with van der Waals surface area (Å²) in [5.74, 6) is 1.48. The van der Waals surface area contributed by atoms with E-state index in [0.717, 1.165) is 23.3 Å². The first kappa shape index (κ1) is 14.1. The molecule has 0 spiro atoms. The molecule has 2 aliphatic heterocycles. The number of ether oxygens (including phenoxy) is 1. The van der Waals surface area contributed by atoms with Gasteiger partial charge in [0.2, 0.25) is 0 Å². The zero-order chi connectivity index (χ0) is 15.8. The van der Waals surface area contributed by atoms with Crippen molar-refractivity contribution in [3.63, 3.8) is 0 Å². The minimum absolute atomic E-state index is 0.229. The van der Waals surface area contributed by atoms with Gasteiger partial charge >= 0.3 is 6.09 Å². The molecule has 2 atom stereocenters. The molecule has 23 heavy (non-hydrogen) atoms. The third-order valence-electron chi connectivity index (χ3n) is 4.97. The van der Waals surface area contributed by atoms with Crippen molar-refractivity contribution in [1.82, 2.24) is 4.90 Å². The lowest BCUT2D eigenvalue weighted by molar-refractivity contribution is 0.152. The number of hydrogen-bond donors (Lipinski definition) is 1. The van der Waals surface area contributed by atoms with Crippen LogP contribution in [0.5, 0.6) is 5.75 Å². The number of amides is 1. The third kappa shape index (κ3) is 2.54. The molecule has 1 N–H and O–H groups in total. The molecular formula is C19H19NO3. The van der Waals surface area contributed by atoms with Gasteiger partial charge in [-0.05, 0) is 41.2 Å². The average Bonchev–Trinajstić information content (AvgIpc) is 2.93. The molecule has 0 bridgehead atoms. The van der Waals surface area contributed by atoms with Crippen LogP contribution in [0.3, 0.4) is 0 Å². The monoisotopic (exact) mass is 309 g/mol. The van der Waals surface area contributed by atoms with Gasteiger partial charge < -0.3 is 14.7 Å². The summed E-state index contributed by atoms with van der Waals surface area (Å²) < 4.78 is 5.91. The molecule has 4 nitrogen and oxygen atoms in total. The normalized spacial score (nSPS) is 22.7. The lowest BCUT2D eigenvalue weighted by atomic mass is 9.86. The van der Waals surface area contributed by atoms with Gasteiger partial charge in [0.25, 0.3) is 0 Å². The minimum atomic E-state index is -0.820. The first-order chi connectivity index (χ1) is 11.2. The summed E-state index contributed by atoms with van der Waals surface area (Å²) in [6, 6.07) is 16.5. The maximum Gasteiger partial charge on any atom is 0.407 e. The Morgan fingerprint density at radius 2 is 1.91 bits per heavy atom. The summed E-state index contributed by atoms with van der Waals surface area (Å²) in [6.45, 7) is 1.83. The Balaban J connectivity index is 1.74. The Hall–Kier alpha value is -2.49. The Labute approximate surface area is 135 Å². The van der Waals surface area contributed by atoms with E-state index in [1.54, 1.807) is 4.90 Å². The number of benzene rings is 2. The smallest absolute Gasteiger partial charge is 0.407 e. The quantitative estimate of drug-likeness (QED) is 0.871.